The Labute approximate surface area is 114 Å². The number of carbonyl (C=O) groups is 1. The van der Waals surface area contributed by atoms with E-state index in [1.807, 2.05) is 4.72 Å². The molecule has 0 fully saturated rings. The van der Waals surface area contributed by atoms with Crippen molar-refractivity contribution in [3.05, 3.63) is 34.4 Å². The van der Waals surface area contributed by atoms with Crippen LogP contribution in [0.3, 0.4) is 0 Å². The first kappa shape index (κ1) is 16.0. The van der Waals surface area contributed by atoms with Crippen LogP contribution in [0.4, 0.5) is 5.69 Å². The minimum Gasteiger partial charge on any atom is -0.480 e. The molecule has 1 atom stereocenters. The highest BCUT2D eigenvalue weighted by Gasteiger charge is 2.30. The number of hydrogen-bond donors (Lipinski definition) is 3. The van der Waals surface area contributed by atoms with Gasteiger partial charge in [0.05, 0.1) is 4.92 Å². The molecule has 0 amide bonds. The molecule has 0 aliphatic carbocycles. The lowest BCUT2D eigenvalue weighted by atomic mass is 10.2. The van der Waals surface area contributed by atoms with Crippen molar-refractivity contribution in [1.82, 2.24) is 4.72 Å². The summed E-state index contributed by atoms with van der Waals surface area (Å²) in [6.07, 6.45) is -0.352. The summed E-state index contributed by atoms with van der Waals surface area (Å²) in [6, 6.07) is 3.00. The molecular weight excluding hydrogens is 292 g/mol. The van der Waals surface area contributed by atoms with E-state index < -0.39 is 44.1 Å². The second kappa shape index (κ2) is 6.41. The molecule has 0 unspecified atom stereocenters. The molecule has 3 N–H and O–H groups in total. The van der Waals surface area contributed by atoms with Gasteiger partial charge in [-0.25, -0.2) is 8.42 Å². The van der Waals surface area contributed by atoms with E-state index in [0.29, 0.717) is 0 Å². The number of nitrogens with zero attached hydrogens (tertiary/aromatic N) is 1. The molecule has 0 heterocycles. The lowest BCUT2D eigenvalue weighted by molar-refractivity contribution is -0.387. The minimum atomic E-state index is -4.39. The molecule has 9 nitrogen and oxygen atoms in total. The third-order valence-electron chi connectivity index (χ3n) is 2.36. The summed E-state index contributed by atoms with van der Waals surface area (Å²) >= 11 is 0. The van der Waals surface area contributed by atoms with Crippen molar-refractivity contribution in [3.8, 4) is 0 Å². The van der Waals surface area contributed by atoms with E-state index in [1.165, 1.54) is 12.1 Å². The van der Waals surface area contributed by atoms with Gasteiger partial charge in [-0.2, -0.15) is 4.72 Å². The van der Waals surface area contributed by atoms with Crippen LogP contribution in [0.15, 0.2) is 29.2 Å². The van der Waals surface area contributed by atoms with Crippen molar-refractivity contribution in [3.63, 3.8) is 0 Å². The first-order valence-corrected chi connectivity index (χ1v) is 6.87. The van der Waals surface area contributed by atoms with Crippen molar-refractivity contribution >= 4 is 21.7 Å². The number of rotatable bonds is 7. The van der Waals surface area contributed by atoms with Gasteiger partial charge in [-0.15, -0.1) is 0 Å². The van der Waals surface area contributed by atoms with Crippen LogP contribution in [0.5, 0.6) is 0 Å². The summed E-state index contributed by atoms with van der Waals surface area (Å²) in [5, 5.41) is 28.3. The number of carboxylic acid groups (broad SMARTS) is 1. The van der Waals surface area contributed by atoms with Crippen LogP contribution in [0.2, 0.25) is 0 Å². The number of benzene rings is 1. The van der Waals surface area contributed by atoms with Crippen LogP contribution in [0, 0.1) is 10.1 Å². The number of nitro groups is 1. The van der Waals surface area contributed by atoms with Crippen molar-refractivity contribution in [2.24, 2.45) is 0 Å². The zero-order chi connectivity index (χ0) is 15.3. The van der Waals surface area contributed by atoms with E-state index in [0.717, 1.165) is 12.1 Å². The summed E-state index contributed by atoms with van der Waals surface area (Å²) in [7, 11) is -4.39. The molecule has 0 radical (unpaired) electrons. The maximum absolute atomic E-state index is 12.0. The zero-order valence-corrected chi connectivity index (χ0v) is 10.9. The number of nitrogens with one attached hydrogen (secondary N) is 1. The number of para-hydroxylation sites is 1. The maximum Gasteiger partial charge on any atom is 0.321 e. The molecule has 0 aromatic heterocycles. The van der Waals surface area contributed by atoms with Gasteiger partial charge in [-0.3, -0.25) is 14.9 Å². The number of sulfonamides is 1. The molecule has 20 heavy (non-hydrogen) atoms. The Hall–Kier alpha value is -2.04. The number of aliphatic hydroxyl groups excluding tert-OH is 1. The first-order valence-electron chi connectivity index (χ1n) is 5.39. The van der Waals surface area contributed by atoms with E-state index in [4.69, 9.17) is 10.2 Å². The van der Waals surface area contributed by atoms with Crippen LogP contribution in [0.25, 0.3) is 0 Å². The number of carboxylic acids is 1. The molecular formula is C10H12N2O7S. The first-order chi connectivity index (χ1) is 9.29. The summed E-state index contributed by atoms with van der Waals surface area (Å²) in [5.41, 5.74) is -0.659. The third-order valence-corrected chi connectivity index (χ3v) is 3.88. The molecule has 110 valence electrons. The van der Waals surface area contributed by atoms with E-state index in [-0.39, 0.29) is 6.42 Å². The van der Waals surface area contributed by atoms with Crippen molar-refractivity contribution in [2.75, 3.05) is 6.61 Å². The van der Waals surface area contributed by atoms with Crippen LogP contribution < -0.4 is 4.72 Å². The Kier molecular flexibility index (Phi) is 5.13. The SMILES string of the molecule is O=C(O)[C@@H](CCO)NS(=O)(=O)c1ccccc1[N+](=O)[O-]. The molecule has 1 aromatic carbocycles. The smallest absolute Gasteiger partial charge is 0.321 e. The Bertz CT molecular complexity index is 614. The summed E-state index contributed by atoms with van der Waals surface area (Å²) in [6.45, 7) is -0.545. The Morgan fingerprint density at radius 3 is 2.50 bits per heavy atom. The van der Waals surface area contributed by atoms with Gasteiger partial charge in [-0.05, 0) is 12.5 Å². The van der Waals surface area contributed by atoms with E-state index in [9.17, 15) is 23.3 Å². The van der Waals surface area contributed by atoms with Crippen LogP contribution in [-0.2, 0) is 14.8 Å². The number of aliphatic carboxylic acids is 1. The fourth-order valence-electron chi connectivity index (χ4n) is 1.45. The second-order valence-electron chi connectivity index (χ2n) is 3.75. The predicted molar refractivity (Wildman–Crippen MR) is 66.5 cm³/mol. The fraction of sp³-hybridized carbons (Fsp3) is 0.300. The normalized spacial score (nSPS) is 12.8. The monoisotopic (exact) mass is 304 g/mol. The maximum atomic E-state index is 12.0. The molecule has 1 aromatic rings. The van der Waals surface area contributed by atoms with Gasteiger partial charge in [0.2, 0.25) is 10.0 Å². The molecule has 10 heteroatoms. The Morgan fingerprint density at radius 2 is 2.00 bits per heavy atom. The molecule has 0 saturated heterocycles. The molecule has 0 bridgehead atoms. The van der Waals surface area contributed by atoms with Gasteiger partial charge >= 0.3 is 5.97 Å². The standard InChI is InChI=1S/C10H12N2O7S/c13-6-5-7(10(14)15)11-20(18,19)9-4-2-1-3-8(9)12(16)17/h1-4,7,11,13H,5-6H2,(H,14,15)/t7-/m1/s1. The van der Waals surface area contributed by atoms with Gasteiger partial charge in [0.1, 0.15) is 6.04 Å². The number of nitro benzene ring substituents is 1. The predicted octanol–water partition coefficient (Wildman–Crippen LogP) is -0.291. The summed E-state index contributed by atoms with van der Waals surface area (Å²) < 4.78 is 25.8. The molecule has 0 aliphatic heterocycles. The average molecular weight is 304 g/mol. The third kappa shape index (κ3) is 3.73. The molecule has 0 aliphatic rings. The number of hydrogen-bond acceptors (Lipinski definition) is 6. The van der Waals surface area contributed by atoms with E-state index >= 15 is 0 Å². The summed E-state index contributed by atoms with van der Waals surface area (Å²) in [5.74, 6) is -1.48. The van der Waals surface area contributed by atoms with Gasteiger partial charge in [0, 0.05) is 12.7 Å². The molecule has 0 saturated carbocycles. The summed E-state index contributed by atoms with van der Waals surface area (Å²) in [4.78, 5) is 20.1. The topological polar surface area (TPSA) is 147 Å². The van der Waals surface area contributed by atoms with Gasteiger partial charge in [-0.1, -0.05) is 12.1 Å². The Balaban J connectivity index is 3.17. The van der Waals surface area contributed by atoms with Crippen molar-refractivity contribution in [1.29, 1.82) is 0 Å². The average Bonchev–Trinajstić information content (AvgIpc) is 2.38. The van der Waals surface area contributed by atoms with Gasteiger partial charge < -0.3 is 10.2 Å². The Morgan fingerprint density at radius 1 is 1.40 bits per heavy atom. The highest BCUT2D eigenvalue weighted by atomic mass is 32.2. The second-order valence-corrected chi connectivity index (χ2v) is 5.43. The lowest BCUT2D eigenvalue weighted by Gasteiger charge is -2.13. The van der Waals surface area contributed by atoms with Crippen molar-refractivity contribution < 1.29 is 28.3 Å². The lowest BCUT2D eigenvalue weighted by Crippen LogP contribution is -2.41. The minimum absolute atomic E-state index is 0.352. The molecule has 1 rings (SSSR count). The quantitative estimate of drug-likeness (QED) is 0.463. The van der Waals surface area contributed by atoms with Gasteiger partial charge in [0.15, 0.2) is 4.90 Å². The van der Waals surface area contributed by atoms with Crippen molar-refractivity contribution in [2.45, 2.75) is 17.4 Å². The van der Waals surface area contributed by atoms with Crippen LogP contribution in [0.1, 0.15) is 6.42 Å². The van der Waals surface area contributed by atoms with E-state index in [1.54, 1.807) is 0 Å². The van der Waals surface area contributed by atoms with Crippen LogP contribution in [-0.4, -0.2) is 42.2 Å². The van der Waals surface area contributed by atoms with Crippen LogP contribution >= 0.6 is 0 Å². The van der Waals surface area contributed by atoms with E-state index in [2.05, 4.69) is 0 Å². The molecule has 0 spiro atoms. The highest BCUT2D eigenvalue weighted by Crippen LogP contribution is 2.23. The number of aliphatic hydroxyl groups is 1. The van der Waals surface area contributed by atoms with Gasteiger partial charge in [0.25, 0.3) is 5.69 Å². The zero-order valence-electron chi connectivity index (χ0n) is 10.1. The fourth-order valence-corrected chi connectivity index (χ4v) is 2.84. The highest BCUT2D eigenvalue weighted by molar-refractivity contribution is 7.89. The largest absolute Gasteiger partial charge is 0.480 e.